The molecular weight excluding hydrogens is 360 g/mol. The van der Waals surface area contributed by atoms with Crippen molar-refractivity contribution in [3.8, 4) is 5.88 Å². The molecule has 1 heterocycles. The standard InChI is InChI=1S/C16H20F4N2O4/c1-9(2)6-11(14(24)25-3)22-13(23)10-4-5-12(21-7-10)26-8-16(19,20)15(17)18/h4-5,7,9,11,15H,6,8H2,1-3H3,(H,22,23). The number of aromatic nitrogens is 1. The van der Waals surface area contributed by atoms with Crippen LogP contribution in [-0.4, -0.2) is 49.0 Å². The molecule has 0 saturated carbocycles. The summed E-state index contributed by atoms with van der Waals surface area (Å²) in [5.41, 5.74) is 0.0376. The Labute approximate surface area is 147 Å². The lowest BCUT2D eigenvalue weighted by atomic mass is 10.0. The highest BCUT2D eigenvalue weighted by Crippen LogP contribution is 2.23. The fourth-order valence-corrected chi connectivity index (χ4v) is 1.90. The van der Waals surface area contributed by atoms with E-state index < -0.39 is 36.9 Å². The van der Waals surface area contributed by atoms with Gasteiger partial charge in [0.2, 0.25) is 5.88 Å². The van der Waals surface area contributed by atoms with Gasteiger partial charge in [0.25, 0.3) is 5.91 Å². The first-order chi connectivity index (χ1) is 12.1. The monoisotopic (exact) mass is 380 g/mol. The van der Waals surface area contributed by atoms with Crippen molar-refractivity contribution < 1.29 is 36.6 Å². The SMILES string of the molecule is COC(=O)C(CC(C)C)NC(=O)c1ccc(OCC(F)(F)C(F)F)nc1. The Bertz CT molecular complexity index is 609. The number of carbonyl (C=O) groups excluding carboxylic acids is 2. The molecule has 0 radical (unpaired) electrons. The van der Waals surface area contributed by atoms with Gasteiger partial charge in [0.1, 0.15) is 6.04 Å². The number of esters is 1. The van der Waals surface area contributed by atoms with E-state index >= 15 is 0 Å². The summed E-state index contributed by atoms with van der Waals surface area (Å²) in [4.78, 5) is 27.5. The molecule has 0 spiro atoms. The second-order valence-corrected chi connectivity index (χ2v) is 5.91. The zero-order valence-corrected chi connectivity index (χ0v) is 14.5. The lowest BCUT2D eigenvalue weighted by molar-refractivity contribution is -0.148. The van der Waals surface area contributed by atoms with Crippen LogP contribution in [0.2, 0.25) is 0 Å². The van der Waals surface area contributed by atoms with Crippen molar-refractivity contribution in [2.45, 2.75) is 38.7 Å². The van der Waals surface area contributed by atoms with Gasteiger partial charge < -0.3 is 14.8 Å². The highest BCUT2D eigenvalue weighted by molar-refractivity contribution is 5.96. The number of methoxy groups -OCH3 is 1. The largest absolute Gasteiger partial charge is 0.471 e. The number of ether oxygens (including phenoxy) is 2. The Morgan fingerprint density at radius 3 is 2.38 bits per heavy atom. The molecule has 0 aromatic carbocycles. The fourth-order valence-electron chi connectivity index (χ4n) is 1.90. The normalized spacial score (nSPS) is 12.8. The molecule has 10 heteroatoms. The summed E-state index contributed by atoms with van der Waals surface area (Å²) in [5.74, 6) is -5.76. The van der Waals surface area contributed by atoms with Crippen molar-refractivity contribution in [3.63, 3.8) is 0 Å². The molecule has 0 aliphatic heterocycles. The van der Waals surface area contributed by atoms with Gasteiger partial charge in [-0.1, -0.05) is 13.8 Å². The minimum Gasteiger partial charge on any atom is -0.471 e. The van der Waals surface area contributed by atoms with E-state index in [-0.39, 0.29) is 17.4 Å². The third kappa shape index (κ3) is 6.49. The van der Waals surface area contributed by atoms with Crippen LogP contribution in [0, 0.1) is 5.92 Å². The van der Waals surface area contributed by atoms with Crippen LogP contribution in [0.1, 0.15) is 30.6 Å². The number of halogens is 4. The highest BCUT2D eigenvalue weighted by Gasteiger charge is 2.41. The first-order valence-electron chi connectivity index (χ1n) is 7.70. The molecule has 0 aliphatic carbocycles. The van der Waals surface area contributed by atoms with Crippen LogP contribution in [0.5, 0.6) is 5.88 Å². The van der Waals surface area contributed by atoms with Crippen LogP contribution in [0.15, 0.2) is 18.3 Å². The topological polar surface area (TPSA) is 77.5 Å². The van der Waals surface area contributed by atoms with Gasteiger partial charge in [0.05, 0.1) is 12.7 Å². The van der Waals surface area contributed by atoms with Crippen LogP contribution in [0.3, 0.4) is 0 Å². The van der Waals surface area contributed by atoms with Crippen molar-refractivity contribution in [3.05, 3.63) is 23.9 Å². The third-order valence-electron chi connectivity index (χ3n) is 3.23. The number of amides is 1. The van der Waals surface area contributed by atoms with Crippen LogP contribution < -0.4 is 10.1 Å². The van der Waals surface area contributed by atoms with E-state index in [9.17, 15) is 27.2 Å². The lowest BCUT2D eigenvalue weighted by Gasteiger charge is -2.18. The van der Waals surface area contributed by atoms with Crippen LogP contribution in [0.25, 0.3) is 0 Å². The lowest BCUT2D eigenvalue weighted by Crippen LogP contribution is -2.42. The first-order valence-corrected chi connectivity index (χ1v) is 7.70. The average Bonchev–Trinajstić information content (AvgIpc) is 2.58. The maximum Gasteiger partial charge on any atom is 0.340 e. The maximum absolute atomic E-state index is 12.8. The highest BCUT2D eigenvalue weighted by atomic mass is 19.3. The van der Waals surface area contributed by atoms with E-state index in [1.165, 1.54) is 13.2 Å². The number of nitrogens with one attached hydrogen (secondary N) is 1. The zero-order chi connectivity index (χ0) is 19.9. The Kier molecular flexibility index (Phi) is 7.78. The Morgan fingerprint density at radius 1 is 1.27 bits per heavy atom. The summed E-state index contributed by atoms with van der Waals surface area (Å²) in [6.07, 6.45) is -2.48. The molecule has 1 aromatic heterocycles. The summed E-state index contributed by atoms with van der Waals surface area (Å²) >= 11 is 0. The number of hydrogen-bond donors (Lipinski definition) is 1. The van der Waals surface area contributed by atoms with Crippen LogP contribution in [-0.2, 0) is 9.53 Å². The number of hydrogen-bond acceptors (Lipinski definition) is 5. The minimum atomic E-state index is -4.30. The second kappa shape index (κ2) is 9.35. The van der Waals surface area contributed by atoms with E-state index in [0.29, 0.717) is 6.42 Å². The number of alkyl halides is 4. The summed E-state index contributed by atoms with van der Waals surface area (Å²) in [6.45, 7) is 2.19. The Balaban J connectivity index is 2.72. The molecule has 0 fully saturated rings. The van der Waals surface area contributed by atoms with Crippen molar-refractivity contribution in [2.24, 2.45) is 5.92 Å². The summed E-state index contributed by atoms with van der Waals surface area (Å²) < 4.78 is 58.8. The van der Waals surface area contributed by atoms with E-state index in [1.807, 2.05) is 13.8 Å². The average molecular weight is 380 g/mol. The van der Waals surface area contributed by atoms with Crippen molar-refractivity contribution in [1.29, 1.82) is 0 Å². The molecule has 26 heavy (non-hydrogen) atoms. The first kappa shape index (κ1) is 21.7. The van der Waals surface area contributed by atoms with Gasteiger partial charge in [0, 0.05) is 12.3 Å². The number of nitrogens with zero attached hydrogens (tertiary/aromatic N) is 1. The van der Waals surface area contributed by atoms with Crippen LogP contribution >= 0.6 is 0 Å². The van der Waals surface area contributed by atoms with Crippen molar-refractivity contribution >= 4 is 11.9 Å². The molecule has 1 aromatic rings. The molecule has 1 rings (SSSR count). The van der Waals surface area contributed by atoms with E-state index in [0.717, 1.165) is 12.3 Å². The predicted octanol–water partition coefficient (Wildman–Crippen LogP) is 2.68. The molecule has 0 aliphatic rings. The molecule has 146 valence electrons. The second-order valence-electron chi connectivity index (χ2n) is 5.91. The number of carbonyl (C=O) groups is 2. The summed E-state index contributed by atoms with van der Waals surface area (Å²) in [7, 11) is 1.20. The van der Waals surface area contributed by atoms with Crippen molar-refractivity contribution in [2.75, 3.05) is 13.7 Å². The zero-order valence-electron chi connectivity index (χ0n) is 14.5. The molecule has 0 bridgehead atoms. The predicted molar refractivity (Wildman–Crippen MR) is 83.4 cm³/mol. The molecule has 0 saturated heterocycles. The van der Waals surface area contributed by atoms with Gasteiger partial charge >= 0.3 is 18.3 Å². The quantitative estimate of drug-likeness (QED) is 0.527. The van der Waals surface area contributed by atoms with Gasteiger partial charge in [-0.25, -0.2) is 18.6 Å². The summed E-state index contributed by atoms with van der Waals surface area (Å²) in [6, 6.07) is 1.45. The maximum atomic E-state index is 12.8. The Hall–Kier alpha value is -2.39. The molecule has 1 atom stereocenters. The van der Waals surface area contributed by atoms with Crippen LogP contribution in [0.4, 0.5) is 17.6 Å². The molecule has 1 amide bonds. The van der Waals surface area contributed by atoms with E-state index in [1.54, 1.807) is 0 Å². The van der Waals surface area contributed by atoms with Gasteiger partial charge in [-0.15, -0.1) is 0 Å². The van der Waals surface area contributed by atoms with E-state index in [2.05, 4.69) is 19.8 Å². The third-order valence-corrected chi connectivity index (χ3v) is 3.23. The van der Waals surface area contributed by atoms with Gasteiger partial charge in [-0.2, -0.15) is 8.78 Å². The van der Waals surface area contributed by atoms with Gasteiger partial charge in [0.15, 0.2) is 6.61 Å². The molecule has 1 N–H and O–H groups in total. The Morgan fingerprint density at radius 2 is 1.92 bits per heavy atom. The number of pyridine rings is 1. The molecule has 1 unspecified atom stereocenters. The summed E-state index contributed by atoms with van der Waals surface area (Å²) in [5, 5.41) is 2.49. The van der Waals surface area contributed by atoms with E-state index in [4.69, 9.17) is 0 Å². The van der Waals surface area contributed by atoms with Gasteiger partial charge in [-0.3, -0.25) is 4.79 Å². The van der Waals surface area contributed by atoms with Crippen molar-refractivity contribution in [1.82, 2.24) is 10.3 Å². The van der Waals surface area contributed by atoms with Gasteiger partial charge in [-0.05, 0) is 18.4 Å². The number of rotatable bonds is 9. The fraction of sp³-hybridized carbons (Fsp3) is 0.562. The smallest absolute Gasteiger partial charge is 0.340 e. The minimum absolute atomic E-state index is 0.0376. The molecule has 6 nitrogen and oxygen atoms in total. The molecular formula is C16H20F4N2O4.